The van der Waals surface area contributed by atoms with Crippen molar-refractivity contribution in [1.29, 1.82) is 0 Å². The van der Waals surface area contributed by atoms with Gasteiger partial charge in [-0.3, -0.25) is 9.69 Å². The molecule has 0 aromatic carbocycles. The molecule has 2 aliphatic heterocycles. The van der Waals surface area contributed by atoms with Crippen LogP contribution in [0.1, 0.15) is 6.42 Å². The molecule has 2 rings (SSSR count). The Morgan fingerprint density at radius 1 is 1.53 bits per heavy atom. The number of hydrogen-bond donors (Lipinski definition) is 2. The van der Waals surface area contributed by atoms with Crippen LogP contribution in [0.25, 0.3) is 0 Å². The first kappa shape index (κ1) is 10.9. The number of nitrogens with zero attached hydrogens (tertiary/aromatic N) is 1. The van der Waals surface area contributed by atoms with Crippen LogP contribution in [0.5, 0.6) is 0 Å². The molecular weight excluding hydrogens is 194 g/mol. The molecule has 0 aliphatic carbocycles. The van der Waals surface area contributed by atoms with Gasteiger partial charge in [0, 0.05) is 6.54 Å². The number of primary amides is 1. The van der Waals surface area contributed by atoms with Crippen LogP contribution in [0.4, 0.5) is 0 Å². The smallest absolute Gasteiger partial charge is 0.237 e. The summed E-state index contributed by atoms with van der Waals surface area (Å²) in [6, 6.07) is -0.216. The van der Waals surface area contributed by atoms with Crippen LogP contribution in [-0.4, -0.2) is 56.2 Å². The highest BCUT2D eigenvalue weighted by Gasteiger charge is 2.28. The van der Waals surface area contributed by atoms with Crippen LogP contribution in [0, 0.1) is 5.92 Å². The third-order valence-corrected chi connectivity index (χ3v) is 3.26. The Kier molecular flexibility index (Phi) is 3.56. The first-order valence-corrected chi connectivity index (χ1v) is 5.59. The Morgan fingerprint density at radius 3 is 2.93 bits per heavy atom. The molecule has 0 bridgehead atoms. The number of amides is 1. The number of carbonyl (C=O) groups is 1. The molecule has 2 aliphatic rings. The van der Waals surface area contributed by atoms with Gasteiger partial charge in [0.05, 0.1) is 13.2 Å². The minimum Gasteiger partial charge on any atom is -0.378 e. The van der Waals surface area contributed by atoms with Crippen molar-refractivity contribution in [3.63, 3.8) is 0 Å². The third kappa shape index (κ3) is 2.68. The van der Waals surface area contributed by atoms with E-state index in [0.29, 0.717) is 13.2 Å². The molecule has 3 N–H and O–H groups in total. The maximum absolute atomic E-state index is 11.2. The summed E-state index contributed by atoms with van der Waals surface area (Å²) in [6.45, 7) is 5.19. The number of hydrogen-bond acceptors (Lipinski definition) is 4. The summed E-state index contributed by atoms with van der Waals surface area (Å²) in [5, 5.41) is 3.25. The van der Waals surface area contributed by atoms with Crippen LogP contribution >= 0.6 is 0 Å². The van der Waals surface area contributed by atoms with Crippen LogP contribution in [0.15, 0.2) is 0 Å². The number of morpholine rings is 1. The lowest BCUT2D eigenvalue weighted by atomic mass is 9.98. The van der Waals surface area contributed by atoms with Crippen molar-refractivity contribution in [2.45, 2.75) is 12.5 Å². The van der Waals surface area contributed by atoms with Gasteiger partial charge in [0.25, 0.3) is 0 Å². The van der Waals surface area contributed by atoms with E-state index in [4.69, 9.17) is 10.5 Å². The lowest BCUT2D eigenvalue weighted by molar-refractivity contribution is -0.129. The van der Waals surface area contributed by atoms with Gasteiger partial charge in [-0.05, 0) is 32.0 Å². The van der Waals surface area contributed by atoms with Crippen LogP contribution in [0.3, 0.4) is 0 Å². The largest absolute Gasteiger partial charge is 0.378 e. The fraction of sp³-hybridized carbons (Fsp3) is 0.900. The van der Waals surface area contributed by atoms with Gasteiger partial charge in [0.1, 0.15) is 6.04 Å². The van der Waals surface area contributed by atoms with E-state index >= 15 is 0 Å². The Bertz CT molecular complexity index is 231. The SMILES string of the molecule is NC(=O)C1COCCN1CCC1CNC1. The van der Waals surface area contributed by atoms with Gasteiger partial charge in [-0.2, -0.15) is 0 Å². The number of nitrogens with two attached hydrogens (primary N) is 1. The van der Waals surface area contributed by atoms with E-state index in [2.05, 4.69) is 10.2 Å². The van der Waals surface area contributed by atoms with E-state index in [9.17, 15) is 4.79 Å². The third-order valence-electron chi connectivity index (χ3n) is 3.26. The number of ether oxygens (including phenoxy) is 1. The Balaban J connectivity index is 1.78. The van der Waals surface area contributed by atoms with Gasteiger partial charge >= 0.3 is 0 Å². The van der Waals surface area contributed by atoms with E-state index in [1.165, 1.54) is 0 Å². The zero-order chi connectivity index (χ0) is 10.7. The average molecular weight is 213 g/mol. The van der Waals surface area contributed by atoms with Crippen LogP contribution in [-0.2, 0) is 9.53 Å². The van der Waals surface area contributed by atoms with E-state index < -0.39 is 0 Å². The topological polar surface area (TPSA) is 67.6 Å². The quantitative estimate of drug-likeness (QED) is 0.614. The molecule has 1 unspecified atom stereocenters. The molecule has 1 amide bonds. The first-order chi connectivity index (χ1) is 7.27. The van der Waals surface area contributed by atoms with Gasteiger partial charge in [-0.25, -0.2) is 0 Å². The van der Waals surface area contributed by atoms with Gasteiger partial charge in [0.15, 0.2) is 0 Å². The highest BCUT2D eigenvalue weighted by atomic mass is 16.5. The molecule has 2 fully saturated rings. The molecule has 0 saturated carbocycles. The van der Waals surface area contributed by atoms with Crippen molar-refractivity contribution in [2.24, 2.45) is 11.7 Å². The van der Waals surface area contributed by atoms with Gasteiger partial charge in [0.2, 0.25) is 5.91 Å². The maximum Gasteiger partial charge on any atom is 0.237 e. The normalized spacial score (nSPS) is 28.7. The molecule has 0 radical (unpaired) electrons. The molecule has 5 nitrogen and oxygen atoms in total. The Labute approximate surface area is 89.9 Å². The van der Waals surface area contributed by atoms with Crippen LogP contribution in [0.2, 0.25) is 0 Å². The molecule has 86 valence electrons. The summed E-state index contributed by atoms with van der Waals surface area (Å²) in [7, 11) is 0. The van der Waals surface area contributed by atoms with E-state index in [0.717, 1.165) is 38.5 Å². The molecule has 15 heavy (non-hydrogen) atoms. The van der Waals surface area contributed by atoms with Gasteiger partial charge in [-0.1, -0.05) is 0 Å². The Morgan fingerprint density at radius 2 is 2.33 bits per heavy atom. The fourth-order valence-corrected chi connectivity index (χ4v) is 2.07. The van der Waals surface area contributed by atoms with Crippen molar-refractivity contribution in [3.05, 3.63) is 0 Å². The molecule has 0 aromatic heterocycles. The molecule has 5 heteroatoms. The van der Waals surface area contributed by atoms with E-state index in [1.807, 2.05) is 0 Å². The van der Waals surface area contributed by atoms with Gasteiger partial charge in [-0.15, -0.1) is 0 Å². The fourth-order valence-electron chi connectivity index (χ4n) is 2.07. The number of carbonyl (C=O) groups excluding carboxylic acids is 1. The van der Waals surface area contributed by atoms with Crippen molar-refractivity contribution >= 4 is 5.91 Å². The standard InChI is InChI=1S/C10H19N3O2/c11-10(14)9-7-15-4-3-13(9)2-1-8-5-12-6-8/h8-9,12H,1-7H2,(H2,11,14). The number of rotatable bonds is 4. The summed E-state index contributed by atoms with van der Waals surface area (Å²) in [4.78, 5) is 13.3. The molecule has 0 aromatic rings. The second kappa shape index (κ2) is 4.92. The maximum atomic E-state index is 11.2. The second-order valence-electron chi connectivity index (χ2n) is 4.34. The van der Waals surface area contributed by atoms with E-state index in [-0.39, 0.29) is 11.9 Å². The first-order valence-electron chi connectivity index (χ1n) is 5.59. The molecule has 2 saturated heterocycles. The predicted octanol–water partition coefficient (Wildman–Crippen LogP) is -1.22. The minimum atomic E-state index is -0.263. The lowest BCUT2D eigenvalue weighted by Gasteiger charge is -2.36. The van der Waals surface area contributed by atoms with Crippen molar-refractivity contribution in [1.82, 2.24) is 10.2 Å². The Hall–Kier alpha value is -0.650. The lowest BCUT2D eigenvalue weighted by Crippen LogP contribution is -2.53. The van der Waals surface area contributed by atoms with E-state index in [1.54, 1.807) is 0 Å². The van der Waals surface area contributed by atoms with Crippen molar-refractivity contribution in [2.75, 3.05) is 39.4 Å². The second-order valence-corrected chi connectivity index (χ2v) is 4.34. The zero-order valence-corrected chi connectivity index (χ0v) is 8.95. The predicted molar refractivity (Wildman–Crippen MR) is 56.4 cm³/mol. The molecule has 1 atom stereocenters. The highest BCUT2D eigenvalue weighted by Crippen LogP contribution is 2.13. The minimum absolute atomic E-state index is 0.216. The highest BCUT2D eigenvalue weighted by molar-refractivity contribution is 5.80. The monoisotopic (exact) mass is 213 g/mol. The van der Waals surface area contributed by atoms with Crippen molar-refractivity contribution in [3.8, 4) is 0 Å². The summed E-state index contributed by atoms with van der Waals surface area (Å²) < 4.78 is 5.27. The molecule has 0 spiro atoms. The zero-order valence-electron chi connectivity index (χ0n) is 8.95. The summed E-state index contributed by atoms with van der Waals surface area (Å²) >= 11 is 0. The number of nitrogens with one attached hydrogen (secondary N) is 1. The average Bonchev–Trinajstić information content (AvgIpc) is 2.16. The summed E-state index contributed by atoms with van der Waals surface area (Å²) in [5.41, 5.74) is 5.34. The molecule has 2 heterocycles. The van der Waals surface area contributed by atoms with Crippen LogP contribution < -0.4 is 11.1 Å². The molecular formula is C10H19N3O2. The van der Waals surface area contributed by atoms with Gasteiger partial charge < -0.3 is 15.8 Å². The summed E-state index contributed by atoms with van der Waals surface area (Å²) in [5.74, 6) is 0.516. The summed E-state index contributed by atoms with van der Waals surface area (Å²) in [6.07, 6.45) is 1.15. The van der Waals surface area contributed by atoms with Crippen molar-refractivity contribution < 1.29 is 9.53 Å².